The predicted octanol–water partition coefficient (Wildman–Crippen LogP) is -0.706. The smallest absolute Gasteiger partial charge is 0.376 e. The van der Waals surface area contributed by atoms with Crippen LogP contribution < -0.4 is 5.73 Å². The summed E-state index contributed by atoms with van der Waals surface area (Å²) >= 11 is 0. The number of hydrogen-bond acceptors (Lipinski definition) is 3. The van der Waals surface area contributed by atoms with Gasteiger partial charge in [-0.2, -0.15) is 0 Å². The van der Waals surface area contributed by atoms with E-state index in [-0.39, 0.29) is 11.8 Å². The van der Waals surface area contributed by atoms with Gasteiger partial charge in [-0.25, -0.2) is 0 Å². The third-order valence-corrected chi connectivity index (χ3v) is 2.46. The van der Waals surface area contributed by atoms with Crippen molar-refractivity contribution in [1.29, 1.82) is 0 Å². The number of hydrogen-bond donors (Lipinski definition) is 2. The topological polar surface area (TPSA) is 66.6 Å². The highest BCUT2D eigenvalue weighted by Gasteiger charge is 2.26. The summed E-state index contributed by atoms with van der Waals surface area (Å²) in [6.07, 6.45) is 1.56. The number of carbonyl (C=O) groups is 1. The summed E-state index contributed by atoms with van der Waals surface area (Å²) in [5, 5.41) is 9.21. The van der Waals surface area contributed by atoms with Gasteiger partial charge in [-0.05, 0) is 32.8 Å². The van der Waals surface area contributed by atoms with Crippen LogP contribution in [0.15, 0.2) is 0 Å². The second-order valence-electron chi connectivity index (χ2n) is 3.34. The van der Waals surface area contributed by atoms with E-state index in [0.717, 1.165) is 25.9 Å². The van der Waals surface area contributed by atoms with Crippen molar-refractivity contribution >= 4 is 13.0 Å². The van der Waals surface area contributed by atoms with Crippen LogP contribution in [0.4, 0.5) is 0 Å². The van der Waals surface area contributed by atoms with Gasteiger partial charge < -0.3 is 15.6 Å². The van der Waals surface area contributed by atoms with Crippen LogP contribution in [0.5, 0.6) is 0 Å². The first-order valence-corrected chi connectivity index (χ1v) is 4.32. The molecule has 0 atom stereocenters. The molecule has 0 aromatic carbocycles. The summed E-state index contributed by atoms with van der Waals surface area (Å²) in [6, 6.07) is 0. The number of piperidine rings is 1. The Morgan fingerprint density at radius 3 is 2.42 bits per heavy atom. The number of amides is 1. The average Bonchev–Trinajstić information content (AvgIpc) is 2.04. The first-order chi connectivity index (χ1) is 5.61. The lowest BCUT2D eigenvalue weighted by atomic mass is 9.81. The van der Waals surface area contributed by atoms with Gasteiger partial charge in [-0.3, -0.25) is 4.79 Å². The van der Waals surface area contributed by atoms with Crippen LogP contribution in [-0.2, 0) is 4.79 Å². The summed E-state index contributed by atoms with van der Waals surface area (Å²) in [6.45, 7) is 3.28. The molecular formula is C7H15BN2O2. The monoisotopic (exact) mass is 170 g/mol. The zero-order chi connectivity index (χ0) is 9.14. The third kappa shape index (κ3) is 2.22. The number of nitrogens with two attached hydrogens (primary N) is 1. The highest BCUT2D eigenvalue weighted by atomic mass is 16.2. The molecule has 1 fully saturated rings. The van der Waals surface area contributed by atoms with Crippen molar-refractivity contribution in [3.05, 3.63) is 0 Å². The molecule has 68 valence electrons. The van der Waals surface area contributed by atoms with E-state index < -0.39 is 7.05 Å². The number of primary amides is 1. The molecule has 0 aromatic rings. The van der Waals surface area contributed by atoms with Crippen molar-refractivity contribution < 1.29 is 9.82 Å². The Morgan fingerprint density at radius 1 is 1.58 bits per heavy atom. The maximum atomic E-state index is 10.8. The molecule has 1 aliphatic rings. The third-order valence-electron chi connectivity index (χ3n) is 2.46. The van der Waals surface area contributed by atoms with E-state index in [1.807, 2.05) is 4.81 Å². The molecule has 0 radical (unpaired) electrons. The fourth-order valence-electron chi connectivity index (χ4n) is 1.56. The standard InChI is InChI=1S/C7H15BN2O2/c1-8(12)10-4-2-6(3-5-10)7(9)11/h6,12H,2-5H2,1H3,(H2,9,11). The van der Waals surface area contributed by atoms with E-state index in [2.05, 4.69) is 0 Å². The van der Waals surface area contributed by atoms with Crippen molar-refractivity contribution in [2.45, 2.75) is 19.7 Å². The Morgan fingerprint density at radius 2 is 2.08 bits per heavy atom. The summed E-state index contributed by atoms with van der Waals surface area (Å²) in [5.41, 5.74) is 5.17. The molecule has 0 spiro atoms. The molecule has 0 aliphatic carbocycles. The second-order valence-corrected chi connectivity index (χ2v) is 3.34. The van der Waals surface area contributed by atoms with Gasteiger partial charge in [0.25, 0.3) is 0 Å². The molecule has 1 saturated heterocycles. The Labute approximate surface area is 72.9 Å². The molecule has 1 rings (SSSR count). The number of nitrogens with zero attached hydrogens (tertiary/aromatic N) is 1. The maximum absolute atomic E-state index is 10.8. The number of carbonyl (C=O) groups excluding carboxylic acids is 1. The lowest BCUT2D eigenvalue weighted by Crippen LogP contribution is -2.45. The Balaban J connectivity index is 2.34. The maximum Gasteiger partial charge on any atom is 0.376 e. The van der Waals surface area contributed by atoms with Crippen LogP contribution >= 0.6 is 0 Å². The highest BCUT2D eigenvalue weighted by Crippen LogP contribution is 2.16. The molecule has 1 aliphatic heterocycles. The highest BCUT2D eigenvalue weighted by molar-refractivity contribution is 6.45. The number of rotatable bonds is 2. The predicted molar refractivity (Wildman–Crippen MR) is 47.3 cm³/mol. The van der Waals surface area contributed by atoms with Gasteiger partial charge in [-0.15, -0.1) is 0 Å². The molecule has 0 unspecified atom stereocenters. The Kier molecular flexibility index (Phi) is 3.11. The average molecular weight is 170 g/mol. The van der Waals surface area contributed by atoms with Crippen LogP contribution in [0, 0.1) is 5.92 Å². The first kappa shape index (κ1) is 9.54. The van der Waals surface area contributed by atoms with Gasteiger partial charge >= 0.3 is 7.05 Å². The van der Waals surface area contributed by atoms with Gasteiger partial charge in [0, 0.05) is 5.92 Å². The summed E-state index contributed by atoms with van der Waals surface area (Å²) in [7, 11) is -0.404. The summed E-state index contributed by atoms with van der Waals surface area (Å²) in [4.78, 5) is 12.7. The Bertz CT molecular complexity index is 167. The van der Waals surface area contributed by atoms with E-state index in [4.69, 9.17) is 5.73 Å². The molecule has 0 bridgehead atoms. The molecule has 1 amide bonds. The molecule has 5 heteroatoms. The van der Waals surface area contributed by atoms with Gasteiger partial charge in [0.05, 0.1) is 0 Å². The molecule has 0 saturated carbocycles. The van der Waals surface area contributed by atoms with Crippen LogP contribution in [0.1, 0.15) is 12.8 Å². The molecule has 12 heavy (non-hydrogen) atoms. The van der Waals surface area contributed by atoms with Crippen LogP contribution in [-0.4, -0.2) is 35.9 Å². The largest absolute Gasteiger partial charge is 0.437 e. The zero-order valence-electron chi connectivity index (χ0n) is 7.36. The summed E-state index contributed by atoms with van der Waals surface area (Å²) < 4.78 is 0. The fraction of sp³-hybridized carbons (Fsp3) is 0.857. The lowest BCUT2D eigenvalue weighted by Gasteiger charge is -2.30. The SMILES string of the molecule is CB(O)N1CCC(C(N)=O)CC1. The van der Waals surface area contributed by atoms with Crippen LogP contribution in [0.25, 0.3) is 0 Å². The molecule has 0 aromatic heterocycles. The molecule has 4 nitrogen and oxygen atoms in total. The van der Waals surface area contributed by atoms with Gasteiger partial charge in [0.2, 0.25) is 5.91 Å². The van der Waals surface area contributed by atoms with Crippen LogP contribution in [0.2, 0.25) is 6.82 Å². The first-order valence-electron chi connectivity index (χ1n) is 4.32. The van der Waals surface area contributed by atoms with Crippen LogP contribution in [0.3, 0.4) is 0 Å². The quantitative estimate of drug-likeness (QED) is 0.538. The zero-order valence-corrected chi connectivity index (χ0v) is 7.36. The normalized spacial score (nSPS) is 20.8. The van der Waals surface area contributed by atoms with Crippen molar-refractivity contribution in [2.24, 2.45) is 11.7 Å². The minimum absolute atomic E-state index is 0.0139. The van der Waals surface area contributed by atoms with E-state index in [0.29, 0.717) is 0 Å². The molecule has 1 heterocycles. The molecular weight excluding hydrogens is 155 g/mol. The van der Waals surface area contributed by atoms with Crippen molar-refractivity contribution in [2.75, 3.05) is 13.1 Å². The van der Waals surface area contributed by atoms with Gasteiger partial charge in [-0.1, -0.05) is 0 Å². The molecule has 3 N–H and O–H groups in total. The van der Waals surface area contributed by atoms with Crippen molar-refractivity contribution in [3.63, 3.8) is 0 Å². The van der Waals surface area contributed by atoms with Gasteiger partial charge in [0.15, 0.2) is 0 Å². The lowest BCUT2D eigenvalue weighted by molar-refractivity contribution is -0.122. The fourth-order valence-corrected chi connectivity index (χ4v) is 1.56. The minimum atomic E-state index is -0.404. The Hall–Kier alpha value is -0.545. The van der Waals surface area contributed by atoms with E-state index in [1.54, 1.807) is 6.82 Å². The second kappa shape index (κ2) is 3.91. The minimum Gasteiger partial charge on any atom is -0.437 e. The van der Waals surface area contributed by atoms with Gasteiger partial charge in [0.1, 0.15) is 0 Å². The van der Waals surface area contributed by atoms with Crippen molar-refractivity contribution in [1.82, 2.24) is 4.81 Å². The summed E-state index contributed by atoms with van der Waals surface area (Å²) in [5.74, 6) is -0.194. The van der Waals surface area contributed by atoms with Crippen molar-refractivity contribution in [3.8, 4) is 0 Å². The van der Waals surface area contributed by atoms with E-state index in [9.17, 15) is 9.82 Å². The van der Waals surface area contributed by atoms with E-state index >= 15 is 0 Å². The van der Waals surface area contributed by atoms with E-state index in [1.165, 1.54) is 0 Å².